The van der Waals surface area contributed by atoms with E-state index < -0.39 is 0 Å². The van der Waals surface area contributed by atoms with Crippen LogP contribution in [0.1, 0.15) is 67.2 Å². The molecule has 172 valence electrons. The molecule has 1 atom stereocenters. The van der Waals surface area contributed by atoms with E-state index in [1.807, 2.05) is 6.07 Å². The normalized spacial score (nSPS) is 19.5. The monoisotopic (exact) mass is 447 g/mol. The number of nitrogens with one attached hydrogen (secondary N) is 1. The molecule has 33 heavy (non-hydrogen) atoms. The van der Waals surface area contributed by atoms with Crippen LogP contribution in [0.25, 0.3) is 11.4 Å². The molecule has 3 aromatic rings. The number of benzene rings is 1. The Hall–Kier alpha value is -3.26. The second kappa shape index (κ2) is 9.70. The van der Waals surface area contributed by atoms with Gasteiger partial charge in [0.2, 0.25) is 11.7 Å². The summed E-state index contributed by atoms with van der Waals surface area (Å²) in [4.78, 5) is 24.1. The van der Waals surface area contributed by atoms with Crippen LogP contribution in [0, 0.1) is 0 Å². The Morgan fingerprint density at radius 2 is 1.88 bits per heavy atom. The zero-order valence-corrected chi connectivity index (χ0v) is 18.9. The van der Waals surface area contributed by atoms with E-state index in [-0.39, 0.29) is 11.9 Å². The number of nitrogens with zero attached hydrogens (tertiary/aromatic N) is 4. The highest BCUT2D eigenvalue weighted by atomic mass is 16.5. The van der Waals surface area contributed by atoms with Crippen molar-refractivity contribution in [3.63, 3.8) is 0 Å². The molecule has 8 heteroatoms. The van der Waals surface area contributed by atoms with Gasteiger partial charge in [-0.05, 0) is 68.6 Å². The third-order valence-corrected chi connectivity index (χ3v) is 6.68. The van der Waals surface area contributed by atoms with E-state index in [2.05, 4.69) is 20.4 Å². The van der Waals surface area contributed by atoms with Crippen molar-refractivity contribution >= 4 is 11.7 Å². The van der Waals surface area contributed by atoms with Crippen LogP contribution in [0.5, 0.6) is 5.75 Å². The molecule has 5 rings (SSSR count). The number of carbonyl (C=O) groups is 1. The van der Waals surface area contributed by atoms with Crippen molar-refractivity contribution in [3.8, 4) is 17.1 Å². The molecule has 2 aliphatic rings. The average Bonchev–Trinajstić information content (AvgIpc) is 3.55. The maximum Gasteiger partial charge on any atom is 0.256 e. The fourth-order valence-corrected chi connectivity index (χ4v) is 4.92. The number of amides is 1. The van der Waals surface area contributed by atoms with Gasteiger partial charge in [-0.2, -0.15) is 4.98 Å². The quantitative estimate of drug-likeness (QED) is 0.577. The number of anilines is 1. The first-order valence-corrected chi connectivity index (χ1v) is 11.7. The summed E-state index contributed by atoms with van der Waals surface area (Å²) in [6, 6.07) is 11.4. The predicted molar refractivity (Wildman–Crippen MR) is 124 cm³/mol. The molecule has 0 bridgehead atoms. The lowest BCUT2D eigenvalue weighted by Gasteiger charge is -2.34. The third kappa shape index (κ3) is 4.75. The van der Waals surface area contributed by atoms with Gasteiger partial charge in [0.25, 0.3) is 5.91 Å². The molecule has 1 saturated carbocycles. The number of likely N-dealkylation sites (tertiary alicyclic amines) is 1. The summed E-state index contributed by atoms with van der Waals surface area (Å²) in [6.07, 6.45) is 10.4. The van der Waals surface area contributed by atoms with Crippen LogP contribution in [0.15, 0.2) is 47.1 Å². The maximum atomic E-state index is 12.4. The van der Waals surface area contributed by atoms with Crippen LogP contribution in [-0.4, -0.2) is 45.6 Å². The summed E-state index contributed by atoms with van der Waals surface area (Å²) >= 11 is 0. The largest absolute Gasteiger partial charge is 0.497 e. The molecule has 1 N–H and O–H groups in total. The molecule has 2 aromatic heterocycles. The van der Waals surface area contributed by atoms with Gasteiger partial charge in [0.1, 0.15) is 11.6 Å². The lowest BCUT2D eigenvalue weighted by Crippen LogP contribution is -2.36. The van der Waals surface area contributed by atoms with E-state index in [9.17, 15) is 4.79 Å². The minimum absolute atomic E-state index is 0.213. The van der Waals surface area contributed by atoms with E-state index in [4.69, 9.17) is 14.2 Å². The van der Waals surface area contributed by atoms with Gasteiger partial charge in [0.05, 0.1) is 13.2 Å². The second-order valence-corrected chi connectivity index (χ2v) is 8.76. The lowest BCUT2D eigenvalue weighted by molar-refractivity contribution is 0.102. The smallest absolute Gasteiger partial charge is 0.256 e. The second-order valence-electron chi connectivity index (χ2n) is 8.76. The summed E-state index contributed by atoms with van der Waals surface area (Å²) in [5.74, 6) is 2.16. The van der Waals surface area contributed by atoms with Crippen molar-refractivity contribution in [1.29, 1.82) is 0 Å². The first kappa shape index (κ1) is 21.6. The number of pyridine rings is 1. The lowest BCUT2D eigenvalue weighted by atomic mass is 9.94. The Morgan fingerprint density at radius 3 is 2.61 bits per heavy atom. The zero-order chi connectivity index (χ0) is 22.6. The third-order valence-electron chi connectivity index (χ3n) is 6.68. The predicted octanol–water partition coefficient (Wildman–Crippen LogP) is 4.86. The number of hydrogen-bond acceptors (Lipinski definition) is 7. The van der Waals surface area contributed by atoms with Crippen molar-refractivity contribution in [2.45, 2.75) is 57.0 Å². The topological polar surface area (TPSA) is 93.4 Å². The Kier molecular flexibility index (Phi) is 6.35. The summed E-state index contributed by atoms with van der Waals surface area (Å²) in [5, 5.41) is 7.02. The molecular weight excluding hydrogens is 418 g/mol. The van der Waals surface area contributed by atoms with E-state index in [1.165, 1.54) is 38.5 Å². The van der Waals surface area contributed by atoms with Crippen molar-refractivity contribution in [1.82, 2.24) is 20.0 Å². The van der Waals surface area contributed by atoms with Crippen molar-refractivity contribution < 1.29 is 14.1 Å². The molecule has 3 heterocycles. The van der Waals surface area contributed by atoms with Crippen LogP contribution >= 0.6 is 0 Å². The van der Waals surface area contributed by atoms with Gasteiger partial charge in [-0.15, -0.1) is 0 Å². The molecule has 1 unspecified atom stereocenters. The molecule has 0 radical (unpaired) electrons. The number of aromatic nitrogens is 3. The average molecular weight is 448 g/mol. The van der Waals surface area contributed by atoms with Crippen LogP contribution in [0.2, 0.25) is 0 Å². The highest BCUT2D eigenvalue weighted by Gasteiger charge is 2.35. The molecule has 1 aliphatic carbocycles. The standard InChI is InChI=1S/C25H29N5O3/c1-32-20-12-9-17(10-13-20)24(31)27-22-14-11-18(16-26-22)23-28-25(33-29-23)21-8-5-15-30(21)19-6-3-2-4-7-19/h9-14,16,19,21H,2-8,15H2,1H3,(H,26,27,31). The zero-order valence-electron chi connectivity index (χ0n) is 18.9. The Bertz CT molecular complexity index is 1070. The summed E-state index contributed by atoms with van der Waals surface area (Å²) in [7, 11) is 1.59. The van der Waals surface area contributed by atoms with Gasteiger partial charge in [0.15, 0.2) is 0 Å². The minimum atomic E-state index is -0.233. The van der Waals surface area contributed by atoms with E-state index in [0.29, 0.717) is 34.9 Å². The van der Waals surface area contributed by atoms with Crippen molar-refractivity contribution in [3.05, 3.63) is 54.0 Å². The SMILES string of the molecule is COc1ccc(C(=O)Nc2ccc(-c3noc(C4CCCN4C4CCCCC4)n3)cn2)cc1. The first-order valence-electron chi connectivity index (χ1n) is 11.7. The molecule has 8 nitrogen and oxygen atoms in total. The molecule has 1 aliphatic heterocycles. The summed E-state index contributed by atoms with van der Waals surface area (Å²) in [5.41, 5.74) is 1.29. The molecular formula is C25H29N5O3. The van der Waals surface area contributed by atoms with Gasteiger partial charge in [-0.1, -0.05) is 24.4 Å². The minimum Gasteiger partial charge on any atom is -0.497 e. The van der Waals surface area contributed by atoms with Gasteiger partial charge < -0.3 is 14.6 Å². The summed E-state index contributed by atoms with van der Waals surface area (Å²) < 4.78 is 10.8. The Morgan fingerprint density at radius 1 is 1.06 bits per heavy atom. The molecule has 0 spiro atoms. The van der Waals surface area contributed by atoms with Gasteiger partial charge in [0, 0.05) is 23.4 Å². The van der Waals surface area contributed by atoms with Crippen molar-refractivity contribution in [2.75, 3.05) is 19.0 Å². The van der Waals surface area contributed by atoms with Crippen LogP contribution in [-0.2, 0) is 0 Å². The first-order chi connectivity index (χ1) is 16.2. The molecule has 2 fully saturated rings. The van der Waals surface area contributed by atoms with Crippen molar-refractivity contribution in [2.24, 2.45) is 0 Å². The Balaban J connectivity index is 1.24. The Labute approximate surface area is 193 Å². The molecule has 1 saturated heterocycles. The van der Waals surface area contributed by atoms with Crippen LogP contribution in [0.4, 0.5) is 5.82 Å². The van der Waals surface area contributed by atoms with Gasteiger partial charge in [-0.3, -0.25) is 9.69 Å². The van der Waals surface area contributed by atoms with E-state index in [0.717, 1.165) is 18.5 Å². The number of ether oxygens (including phenoxy) is 1. The number of carbonyl (C=O) groups excluding carboxylic acids is 1. The van der Waals surface area contributed by atoms with Gasteiger partial charge in [-0.25, -0.2) is 4.98 Å². The summed E-state index contributed by atoms with van der Waals surface area (Å²) in [6.45, 7) is 1.11. The van der Waals surface area contributed by atoms with E-state index in [1.54, 1.807) is 43.6 Å². The maximum absolute atomic E-state index is 12.4. The highest BCUT2D eigenvalue weighted by molar-refractivity contribution is 6.03. The van der Waals surface area contributed by atoms with E-state index >= 15 is 0 Å². The molecule has 1 amide bonds. The number of methoxy groups -OCH3 is 1. The number of hydrogen-bond donors (Lipinski definition) is 1. The van der Waals surface area contributed by atoms with Gasteiger partial charge >= 0.3 is 0 Å². The molecule has 1 aromatic carbocycles. The highest BCUT2D eigenvalue weighted by Crippen LogP contribution is 2.37. The number of rotatable bonds is 6. The van der Waals surface area contributed by atoms with Crippen LogP contribution in [0.3, 0.4) is 0 Å². The van der Waals surface area contributed by atoms with Crippen LogP contribution < -0.4 is 10.1 Å². The fourth-order valence-electron chi connectivity index (χ4n) is 4.92. The fraction of sp³-hybridized carbons (Fsp3) is 0.440.